The first kappa shape index (κ1) is 22.8. The highest BCUT2D eigenvalue weighted by Gasteiger charge is 2.14. The van der Waals surface area contributed by atoms with Crippen LogP contribution in [-0.2, 0) is 0 Å². The summed E-state index contributed by atoms with van der Waals surface area (Å²) < 4.78 is 3.50. The van der Waals surface area contributed by atoms with Gasteiger partial charge in [-0.15, -0.1) is 0 Å². The van der Waals surface area contributed by atoms with Crippen LogP contribution in [-0.4, -0.2) is 4.57 Å². The lowest BCUT2D eigenvalue weighted by Gasteiger charge is -2.12. The number of nitrogens with zero attached hydrogens (tertiary/aromatic N) is 1. The van der Waals surface area contributed by atoms with Gasteiger partial charge in [0.2, 0.25) is 0 Å². The van der Waals surface area contributed by atoms with Gasteiger partial charge in [0.15, 0.2) is 0 Å². The molecule has 0 amide bonds. The van der Waals surface area contributed by atoms with E-state index in [0.717, 1.165) is 10.2 Å². The summed E-state index contributed by atoms with van der Waals surface area (Å²) in [4.78, 5) is 0. The van der Waals surface area contributed by atoms with E-state index in [-0.39, 0.29) is 0 Å². The van der Waals surface area contributed by atoms with Crippen molar-refractivity contribution in [2.75, 3.05) is 0 Å². The third kappa shape index (κ3) is 3.95. The van der Waals surface area contributed by atoms with Crippen LogP contribution in [0.15, 0.2) is 150 Å². The number of benzene rings is 6. The molecule has 0 aliphatic heterocycles. The number of fused-ring (bicyclic) bond motifs is 3. The zero-order valence-corrected chi connectivity index (χ0v) is 22.3. The van der Waals surface area contributed by atoms with Crippen LogP contribution in [0.25, 0.3) is 60.9 Å². The Morgan fingerprint density at radius 1 is 0.395 bits per heavy atom. The minimum absolute atomic E-state index is 1.10. The molecule has 1 aromatic heterocycles. The molecular weight excluding hydrogens is 526 g/mol. The van der Waals surface area contributed by atoms with Crippen molar-refractivity contribution >= 4 is 37.7 Å². The van der Waals surface area contributed by atoms with Crippen LogP contribution in [0.5, 0.6) is 0 Å². The number of rotatable bonds is 4. The molecule has 0 bridgehead atoms. The monoisotopic (exact) mass is 549 g/mol. The maximum Gasteiger partial charge on any atom is 0.0547 e. The van der Waals surface area contributed by atoms with Crippen molar-refractivity contribution in [3.63, 3.8) is 0 Å². The molecule has 0 aliphatic carbocycles. The lowest BCUT2D eigenvalue weighted by atomic mass is 9.99. The molecule has 0 radical (unpaired) electrons. The number of hydrogen-bond donors (Lipinski definition) is 0. The largest absolute Gasteiger partial charge is 0.309 e. The van der Waals surface area contributed by atoms with Gasteiger partial charge in [0, 0.05) is 20.9 Å². The van der Waals surface area contributed by atoms with Gasteiger partial charge in [-0.25, -0.2) is 0 Å². The van der Waals surface area contributed by atoms with E-state index >= 15 is 0 Å². The molecule has 0 aliphatic rings. The van der Waals surface area contributed by atoms with Gasteiger partial charge in [0.1, 0.15) is 0 Å². The summed E-state index contributed by atoms with van der Waals surface area (Å²) >= 11 is 3.75. The van der Waals surface area contributed by atoms with Gasteiger partial charge < -0.3 is 4.57 Å². The van der Waals surface area contributed by atoms with Gasteiger partial charge in [-0.1, -0.05) is 125 Å². The molecule has 6 aromatic carbocycles. The minimum atomic E-state index is 1.10. The Balaban J connectivity index is 1.42. The van der Waals surface area contributed by atoms with Gasteiger partial charge in [0.05, 0.1) is 11.0 Å². The first-order valence-corrected chi connectivity index (χ1v) is 13.6. The zero-order chi connectivity index (χ0) is 25.5. The molecule has 180 valence electrons. The maximum atomic E-state index is 3.75. The Kier molecular flexibility index (Phi) is 5.68. The molecular formula is C36H24BrN. The molecule has 0 atom stereocenters. The predicted octanol–water partition coefficient (Wildman–Crippen LogP) is 10.5. The van der Waals surface area contributed by atoms with Crippen molar-refractivity contribution < 1.29 is 0 Å². The summed E-state index contributed by atoms with van der Waals surface area (Å²) in [5.41, 5.74) is 10.8. The summed E-state index contributed by atoms with van der Waals surface area (Å²) in [5.74, 6) is 0. The summed E-state index contributed by atoms with van der Waals surface area (Å²) in [6.07, 6.45) is 0. The van der Waals surface area contributed by atoms with E-state index in [1.807, 2.05) is 0 Å². The van der Waals surface area contributed by atoms with E-state index in [9.17, 15) is 0 Å². The number of halogens is 1. The second-order valence-electron chi connectivity index (χ2n) is 9.56. The SMILES string of the molecule is Brc1ccccc1-c1ccc2c3ccccc3n(-c3cccc(-c4cccc(-c5ccccc5)c4)c3)c2c1. The first-order valence-electron chi connectivity index (χ1n) is 12.8. The molecule has 0 saturated carbocycles. The second-order valence-corrected chi connectivity index (χ2v) is 10.4. The van der Waals surface area contributed by atoms with E-state index in [1.54, 1.807) is 0 Å². The van der Waals surface area contributed by atoms with Crippen molar-refractivity contribution in [1.29, 1.82) is 0 Å². The molecule has 2 heteroatoms. The minimum Gasteiger partial charge on any atom is -0.309 e. The third-order valence-electron chi connectivity index (χ3n) is 7.27. The van der Waals surface area contributed by atoms with Crippen LogP contribution in [0.2, 0.25) is 0 Å². The highest BCUT2D eigenvalue weighted by molar-refractivity contribution is 9.10. The summed E-state index contributed by atoms with van der Waals surface area (Å²) in [5, 5.41) is 2.52. The van der Waals surface area contributed by atoms with Crippen molar-refractivity contribution in [2.24, 2.45) is 0 Å². The normalized spacial score (nSPS) is 11.3. The van der Waals surface area contributed by atoms with Crippen LogP contribution in [0.4, 0.5) is 0 Å². The molecule has 0 N–H and O–H groups in total. The molecule has 0 spiro atoms. The van der Waals surface area contributed by atoms with Crippen molar-refractivity contribution in [2.45, 2.75) is 0 Å². The highest BCUT2D eigenvalue weighted by atomic mass is 79.9. The molecule has 7 rings (SSSR count). The van der Waals surface area contributed by atoms with Crippen LogP contribution in [0.1, 0.15) is 0 Å². The Bertz CT molecular complexity index is 1930. The quantitative estimate of drug-likeness (QED) is 0.205. The van der Waals surface area contributed by atoms with Crippen LogP contribution < -0.4 is 0 Å². The van der Waals surface area contributed by atoms with Gasteiger partial charge >= 0.3 is 0 Å². The maximum absolute atomic E-state index is 3.75. The molecule has 0 fully saturated rings. The Morgan fingerprint density at radius 3 is 1.87 bits per heavy atom. The van der Waals surface area contributed by atoms with Crippen LogP contribution in [0.3, 0.4) is 0 Å². The molecule has 1 heterocycles. The fraction of sp³-hybridized carbons (Fsp3) is 0. The van der Waals surface area contributed by atoms with Crippen molar-refractivity contribution in [3.8, 4) is 39.1 Å². The van der Waals surface area contributed by atoms with E-state index in [2.05, 4.69) is 166 Å². The first-order chi connectivity index (χ1) is 18.8. The third-order valence-corrected chi connectivity index (χ3v) is 7.96. The van der Waals surface area contributed by atoms with E-state index < -0.39 is 0 Å². The fourth-order valence-electron chi connectivity index (χ4n) is 5.45. The standard InChI is InChI=1S/C36H24BrN/c37-34-18-6-4-16-31(34)29-20-21-33-32-17-5-7-19-35(32)38(36(33)24-29)30-15-9-14-28(23-30)27-13-8-12-26(22-27)25-10-2-1-3-11-25/h1-24H. The zero-order valence-electron chi connectivity index (χ0n) is 20.7. The second kappa shape index (κ2) is 9.48. The van der Waals surface area contributed by atoms with E-state index in [0.29, 0.717) is 0 Å². The average Bonchev–Trinajstić information content (AvgIpc) is 3.32. The Morgan fingerprint density at radius 2 is 1.03 bits per heavy atom. The highest BCUT2D eigenvalue weighted by Crippen LogP contribution is 2.37. The molecule has 38 heavy (non-hydrogen) atoms. The summed E-state index contributed by atoms with van der Waals surface area (Å²) in [6, 6.07) is 52.2. The number of hydrogen-bond acceptors (Lipinski definition) is 0. The lowest BCUT2D eigenvalue weighted by Crippen LogP contribution is -1.94. The molecule has 0 saturated heterocycles. The van der Waals surface area contributed by atoms with Gasteiger partial charge in [-0.3, -0.25) is 0 Å². The van der Waals surface area contributed by atoms with Gasteiger partial charge in [0.25, 0.3) is 0 Å². The van der Waals surface area contributed by atoms with Crippen molar-refractivity contribution in [3.05, 3.63) is 150 Å². The molecule has 1 nitrogen and oxygen atoms in total. The van der Waals surface area contributed by atoms with E-state index in [4.69, 9.17) is 0 Å². The van der Waals surface area contributed by atoms with Crippen molar-refractivity contribution in [1.82, 2.24) is 4.57 Å². The Hall–Kier alpha value is -4.40. The van der Waals surface area contributed by atoms with Crippen LogP contribution in [0, 0.1) is 0 Å². The van der Waals surface area contributed by atoms with Gasteiger partial charge in [-0.05, 0) is 69.8 Å². The number of para-hydroxylation sites is 1. The molecule has 0 unspecified atom stereocenters. The number of aromatic nitrogens is 1. The van der Waals surface area contributed by atoms with Crippen LogP contribution >= 0.6 is 15.9 Å². The topological polar surface area (TPSA) is 4.93 Å². The summed E-state index contributed by atoms with van der Waals surface area (Å²) in [6.45, 7) is 0. The smallest absolute Gasteiger partial charge is 0.0547 e. The Labute approximate surface area is 230 Å². The molecule has 7 aromatic rings. The predicted molar refractivity (Wildman–Crippen MR) is 165 cm³/mol. The fourth-order valence-corrected chi connectivity index (χ4v) is 5.96. The lowest BCUT2D eigenvalue weighted by molar-refractivity contribution is 1.18. The van der Waals surface area contributed by atoms with Gasteiger partial charge in [-0.2, -0.15) is 0 Å². The van der Waals surface area contributed by atoms with E-state index in [1.165, 1.54) is 55.2 Å². The average molecular weight is 550 g/mol. The summed E-state index contributed by atoms with van der Waals surface area (Å²) in [7, 11) is 0.